The van der Waals surface area contributed by atoms with E-state index in [0.29, 0.717) is 6.42 Å². The van der Waals surface area contributed by atoms with E-state index in [1.165, 1.54) is 0 Å². The zero-order chi connectivity index (χ0) is 14.8. The molecule has 3 N–H and O–H groups in total. The van der Waals surface area contributed by atoms with E-state index in [2.05, 4.69) is 4.74 Å². The van der Waals surface area contributed by atoms with Crippen molar-refractivity contribution in [1.29, 1.82) is 0 Å². The monoisotopic (exact) mass is 275 g/mol. The Labute approximate surface area is 109 Å². The van der Waals surface area contributed by atoms with Crippen LogP contribution < -0.4 is 5.32 Å². The van der Waals surface area contributed by atoms with E-state index in [1.807, 2.05) is 12.2 Å². The van der Waals surface area contributed by atoms with Crippen molar-refractivity contribution in [3.8, 4) is 0 Å². The lowest BCUT2D eigenvalue weighted by molar-refractivity contribution is -0.144. The number of hydrogen-bond acceptors (Lipinski definition) is 5. The van der Waals surface area contributed by atoms with Gasteiger partial charge in [0.1, 0.15) is 18.2 Å². The first-order valence-electron chi connectivity index (χ1n) is 5.76. The van der Waals surface area contributed by atoms with Crippen LogP contribution in [0.4, 0.5) is 4.79 Å². The number of nitrogens with one attached hydrogen (secondary N) is 1. The molecule has 0 aliphatic carbocycles. The summed E-state index contributed by atoms with van der Waals surface area (Å²) in [6.07, 6.45) is -0.861. The second kappa shape index (κ2) is 8.90. The second-order valence-electron chi connectivity index (χ2n) is 3.84. The van der Waals surface area contributed by atoms with Crippen LogP contribution in [0, 0.1) is 0 Å². The van der Waals surface area contributed by atoms with Gasteiger partial charge in [-0.05, 0) is 6.42 Å². The summed E-state index contributed by atoms with van der Waals surface area (Å²) in [6.45, 7) is 2.05. The Morgan fingerprint density at radius 3 is 2.32 bits per heavy atom. The van der Waals surface area contributed by atoms with Crippen LogP contribution in [-0.2, 0) is 19.1 Å². The first-order valence-corrected chi connectivity index (χ1v) is 5.76. The normalized spacial score (nSPS) is 11.4. The zero-order valence-electron chi connectivity index (χ0n) is 10.5. The minimum Gasteiger partial charge on any atom is -0.481 e. The van der Waals surface area contributed by atoms with Crippen molar-refractivity contribution in [2.24, 2.45) is 0 Å². The summed E-state index contributed by atoms with van der Waals surface area (Å²) < 4.78 is 4.68. The highest BCUT2D eigenvalue weighted by atomic mass is 16.5. The minimum atomic E-state index is -1.49. The molecule has 0 aromatic rings. The third-order valence-corrected chi connectivity index (χ3v) is 2.10. The third-order valence-electron chi connectivity index (χ3n) is 2.10. The van der Waals surface area contributed by atoms with Gasteiger partial charge >= 0.3 is 18.0 Å². The van der Waals surface area contributed by atoms with Crippen LogP contribution in [-0.4, -0.2) is 46.7 Å². The Balaban J connectivity index is 4.26. The third kappa shape index (κ3) is 8.58. The first-order chi connectivity index (χ1) is 8.86. The van der Waals surface area contributed by atoms with Crippen molar-refractivity contribution in [2.75, 3.05) is 6.61 Å². The van der Waals surface area contributed by atoms with Gasteiger partial charge < -0.3 is 20.3 Å². The molecule has 1 unspecified atom stereocenters. The number of carboxylic acids is 2. The van der Waals surface area contributed by atoms with Crippen molar-refractivity contribution in [3.05, 3.63) is 0 Å². The molecule has 1 amide bonds. The van der Waals surface area contributed by atoms with Crippen LogP contribution >= 0.6 is 0 Å². The quantitative estimate of drug-likeness (QED) is 0.410. The summed E-state index contributed by atoms with van der Waals surface area (Å²) in [5.74, 6) is -3.56. The Hall–Kier alpha value is -2.12. The molecule has 0 heterocycles. The van der Waals surface area contributed by atoms with Crippen molar-refractivity contribution in [3.63, 3.8) is 0 Å². The lowest BCUT2D eigenvalue weighted by Crippen LogP contribution is -2.42. The molecule has 108 valence electrons. The number of amides is 1. The largest absolute Gasteiger partial charge is 0.481 e. The molecular formula is C11H17NO7. The molecule has 0 aromatic carbocycles. The number of hydrogen-bond donors (Lipinski definition) is 3. The molecule has 8 nitrogen and oxygen atoms in total. The molecule has 0 aromatic heterocycles. The van der Waals surface area contributed by atoms with Crippen LogP contribution in [0.5, 0.6) is 0 Å². The smallest absolute Gasteiger partial charge is 0.407 e. The molecule has 19 heavy (non-hydrogen) atoms. The molecule has 0 saturated heterocycles. The predicted octanol–water partition coefficient (Wildman–Crippen LogP) is 0.400. The molecule has 0 rings (SSSR count). The average molecular weight is 275 g/mol. The van der Waals surface area contributed by atoms with E-state index in [4.69, 9.17) is 10.2 Å². The number of ketones is 1. The Kier molecular flexibility index (Phi) is 7.90. The van der Waals surface area contributed by atoms with Gasteiger partial charge in [0.25, 0.3) is 0 Å². The van der Waals surface area contributed by atoms with Crippen LogP contribution in [0.3, 0.4) is 0 Å². The lowest BCUT2D eigenvalue weighted by Gasteiger charge is -2.13. The Bertz CT molecular complexity index is 353. The van der Waals surface area contributed by atoms with Gasteiger partial charge in [-0.25, -0.2) is 9.59 Å². The number of carboxylic acid groups (broad SMARTS) is 2. The predicted molar refractivity (Wildman–Crippen MR) is 62.7 cm³/mol. The van der Waals surface area contributed by atoms with Gasteiger partial charge in [0.15, 0.2) is 0 Å². The molecule has 8 heteroatoms. The lowest BCUT2D eigenvalue weighted by atomic mass is 10.1. The van der Waals surface area contributed by atoms with Gasteiger partial charge in [0.2, 0.25) is 0 Å². The highest BCUT2D eigenvalue weighted by Gasteiger charge is 2.24. The topological polar surface area (TPSA) is 130 Å². The zero-order valence-corrected chi connectivity index (χ0v) is 10.5. The van der Waals surface area contributed by atoms with Gasteiger partial charge in [-0.2, -0.15) is 0 Å². The highest BCUT2D eigenvalue weighted by Crippen LogP contribution is 1.99. The summed E-state index contributed by atoms with van der Waals surface area (Å²) >= 11 is 0. The SMILES string of the molecule is CCCCOC(=O)NC(CC(=O)CC(=O)O)C(=O)O. The van der Waals surface area contributed by atoms with Gasteiger partial charge in [-0.1, -0.05) is 13.3 Å². The standard InChI is InChI=1S/C11H17NO7/c1-2-3-4-19-11(18)12-8(10(16)17)5-7(13)6-9(14)15/h8H,2-6H2,1H3,(H,12,18)(H,14,15)(H,16,17). The van der Waals surface area contributed by atoms with E-state index >= 15 is 0 Å². The molecular weight excluding hydrogens is 258 g/mol. The van der Waals surface area contributed by atoms with Gasteiger partial charge in [0.05, 0.1) is 6.61 Å². The summed E-state index contributed by atoms with van der Waals surface area (Å²) in [4.78, 5) is 43.5. The van der Waals surface area contributed by atoms with Crippen LogP contribution in [0.25, 0.3) is 0 Å². The second-order valence-corrected chi connectivity index (χ2v) is 3.84. The maximum atomic E-state index is 11.2. The van der Waals surface area contributed by atoms with E-state index in [9.17, 15) is 19.2 Å². The van der Waals surface area contributed by atoms with Crippen LogP contribution in [0.2, 0.25) is 0 Å². The van der Waals surface area contributed by atoms with E-state index < -0.39 is 42.7 Å². The molecule has 0 aliphatic rings. The van der Waals surface area contributed by atoms with Crippen LogP contribution in [0.15, 0.2) is 0 Å². The fourth-order valence-corrected chi connectivity index (χ4v) is 1.16. The molecule has 0 saturated carbocycles. The molecule has 0 spiro atoms. The fraction of sp³-hybridized carbons (Fsp3) is 0.636. The Morgan fingerprint density at radius 1 is 1.21 bits per heavy atom. The van der Waals surface area contributed by atoms with Gasteiger partial charge in [0, 0.05) is 6.42 Å². The average Bonchev–Trinajstić information content (AvgIpc) is 2.27. The number of aliphatic carboxylic acids is 2. The molecule has 1 atom stereocenters. The van der Waals surface area contributed by atoms with Gasteiger partial charge in [-0.15, -0.1) is 0 Å². The van der Waals surface area contributed by atoms with Crippen molar-refractivity contribution in [2.45, 2.75) is 38.6 Å². The van der Waals surface area contributed by atoms with E-state index in [1.54, 1.807) is 0 Å². The fourth-order valence-electron chi connectivity index (χ4n) is 1.16. The molecule has 0 bridgehead atoms. The number of ether oxygens (including phenoxy) is 1. The number of carbonyl (C=O) groups excluding carboxylic acids is 2. The minimum absolute atomic E-state index is 0.151. The highest BCUT2D eigenvalue weighted by molar-refractivity contribution is 5.97. The van der Waals surface area contributed by atoms with Crippen molar-refractivity contribution in [1.82, 2.24) is 5.32 Å². The molecule has 0 fully saturated rings. The summed E-state index contributed by atoms with van der Waals surface area (Å²) in [5, 5.41) is 19.2. The summed E-state index contributed by atoms with van der Waals surface area (Å²) in [6, 6.07) is -1.49. The van der Waals surface area contributed by atoms with Gasteiger partial charge in [-0.3, -0.25) is 9.59 Å². The number of unbranched alkanes of at least 4 members (excludes halogenated alkanes) is 1. The molecule has 0 radical (unpaired) electrons. The van der Waals surface area contributed by atoms with Crippen molar-refractivity contribution < 1.29 is 34.1 Å². The number of Topliss-reactive ketones (excluding diaryl/α,β-unsaturated/α-hetero) is 1. The molecule has 0 aliphatic heterocycles. The van der Waals surface area contributed by atoms with Crippen LogP contribution in [0.1, 0.15) is 32.6 Å². The summed E-state index contributed by atoms with van der Waals surface area (Å²) in [5.41, 5.74) is 0. The van der Waals surface area contributed by atoms with Crippen molar-refractivity contribution >= 4 is 23.8 Å². The number of rotatable bonds is 9. The number of alkyl carbamates (subject to hydrolysis) is 1. The maximum absolute atomic E-state index is 11.2. The van der Waals surface area contributed by atoms with E-state index in [-0.39, 0.29) is 6.61 Å². The Morgan fingerprint density at radius 2 is 1.84 bits per heavy atom. The van der Waals surface area contributed by atoms with E-state index in [0.717, 1.165) is 6.42 Å². The first kappa shape index (κ1) is 16.9. The number of carbonyl (C=O) groups is 4. The maximum Gasteiger partial charge on any atom is 0.407 e. The summed E-state index contributed by atoms with van der Waals surface area (Å²) in [7, 11) is 0.